The minimum absolute atomic E-state index is 0.197. The van der Waals surface area contributed by atoms with E-state index >= 15 is 0 Å². The van der Waals surface area contributed by atoms with Gasteiger partial charge in [-0.1, -0.05) is 6.07 Å². The van der Waals surface area contributed by atoms with Crippen LogP contribution in [0.15, 0.2) is 54.8 Å². The maximum Gasteiger partial charge on any atom is 0.289 e. The Balaban J connectivity index is 1.62. The van der Waals surface area contributed by atoms with Gasteiger partial charge in [-0.3, -0.25) is 9.78 Å². The average Bonchev–Trinajstić information content (AvgIpc) is 3.22. The maximum atomic E-state index is 13.2. The predicted octanol–water partition coefficient (Wildman–Crippen LogP) is 4.07. The summed E-state index contributed by atoms with van der Waals surface area (Å²) in [6, 6.07) is 8.28. The van der Waals surface area contributed by atoms with E-state index in [1.807, 2.05) is 49.7 Å². The fourth-order valence-corrected chi connectivity index (χ4v) is 3.73. The van der Waals surface area contributed by atoms with Crippen LogP contribution in [0.4, 0.5) is 4.39 Å². The number of carbonyl (C=O) groups excluding carboxylic acids is 1. The predicted molar refractivity (Wildman–Crippen MR) is 118 cm³/mol. The normalized spacial score (nSPS) is 18.5. The summed E-state index contributed by atoms with van der Waals surface area (Å²) in [6.07, 6.45) is 6.31. The van der Waals surface area contributed by atoms with Gasteiger partial charge in [-0.2, -0.15) is 0 Å². The minimum Gasteiger partial charge on any atom is -0.495 e. The van der Waals surface area contributed by atoms with Crippen LogP contribution in [0, 0.1) is 12.7 Å². The number of pyridine rings is 1. The monoisotopic (exact) mass is 436 g/mol. The zero-order valence-electron chi connectivity index (χ0n) is 18.4. The van der Waals surface area contributed by atoms with Crippen LogP contribution >= 0.6 is 0 Å². The molecule has 4 rings (SSSR count). The number of ether oxygens (including phenoxy) is 2. The van der Waals surface area contributed by atoms with Crippen molar-refractivity contribution in [2.45, 2.75) is 32.9 Å². The van der Waals surface area contributed by atoms with Crippen molar-refractivity contribution >= 4 is 12.0 Å². The van der Waals surface area contributed by atoms with E-state index in [1.165, 1.54) is 6.07 Å². The Hall–Kier alpha value is -3.68. The van der Waals surface area contributed by atoms with Crippen LogP contribution < -0.4 is 4.74 Å². The average molecular weight is 436 g/mol. The number of aromatic nitrogens is 3. The fourth-order valence-electron chi connectivity index (χ4n) is 3.73. The molecule has 1 amide bonds. The van der Waals surface area contributed by atoms with Crippen molar-refractivity contribution in [3.8, 4) is 11.4 Å². The first-order valence-electron chi connectivity index (χ1n) is 10.4. The van der Waals surface area contributed by atoms with Crippen LogP contribution in [-0.4, -0.2) is 45.1 Å². The molecule has 0 unspecified atom stereocenters. The Kier molecular flexibility index (Phi) is 5.94. The second-order valence-corrected chi connectivity index (χ2v) is 7.83. The van der Waals surface area contributed by atoms with Crippen molar-refractivity contribution in [1.29, 1.82) is 0 Å². The number of rotatable bonds is 5. The number of nitrogens with zero attached hydrogens (tertiary/aromatic N) is 4. The molecule has 2 atom stereocenters. The van der Waals surface area contributed by atoms with Crippen LogP contribution in [0.3, 0.4) is 0 Å². The molecule has 0 aliphatic carbocycles. The summed E-state index contributed by atoms with van der Waals surface area (Å²) in [5, 5.41) is 0. The topological polar surface area (TPSA) is 69.5 Å². The highest BCUT2D eigenvalue weighted by Gasteiger charge is 2.33. The quantitative estimate of drug-likeness (QED) is 0.564. The van der Waals surface area contributed by atoms with Crippen LogP contribution in [0.25, 0.3) is 11.8 Å². The second kappa shape index (κ2) is 8.82. The van der Waals surface area contributed by atoms with Crippen molar-refractivity contribution in [3.63, 3.8) is 0 Å². The summed E-state index contributed by atoms with van der Waals surface area (Å²) in [4.78, 5) is 23.3. The van der Waals surface area contributed by atoms with Gasteiger partial charge < -0.3 is 18.9 Å². The standard InChI is InChI=1S/C24H25FN4O3/c1-15-12-28(14-27-15)21-8-5-18(9-22(21)31-4)10-23-24(30)29(13-16(2)32-23)17(3)20-7-6-19(25)11-26-20/h5-12,14,16-17H,13H2,1-4H3/t16-,17-/m0/s1. The van der Waals surface area contributed by atoms with E-state index in [1.54, 1.807) is 30.5 Å². The lowest BCUT2D eigenvalue weighted by Crippen LogP contribution is -2.45. The Bertz CT molecular complexity index is 1160. The number of morpholine rings is 1. The second-order valence-electron chi connectivity index (χ2n) is 7.83. The summed E-state index contributed by atoms with van der Waals surface area (Å²) in [5.74, 6) is 0.237. The molecule has 0 N–H and O–H groups in total. The van der Waals surface area contributed by atoms with E-state index in [4.69, 9.17) is 9.47 Å². The van der Waals surface area contributed by atoms with Crippen molar-refractivity contribution in [2.75, 3.05) is 13.7 Å². The number of aryl methyl sites for hydroxylation is 1. The van der Waals surface area contributed by atoms with Crippen molar-refractivity contribution in [2.24, 2.45) is 0 Å². The van der Waals surface area contributed by atoms with Crippen molar-refractivity contribution < 1.29 is 18.7 Å². The lowest BCUT2D eigenvalue weighted by Gasteiger charge is -2.36. The molecule has 1 aliphatic rings. The molecule has 7 nitrogen and oxygen atoms in total. The highest BCUT2D eigenvalue weighted by molar-refractivity contribution is 5.96. The number of methoxy groups -OCH3 is 1. The Morgan fingerprint density at radius 1 is 1.28 bits per heavy atom. The van der Waals surface area contributed by atoms with E-state index in [0.717, 1.165) is 23.1 Å². The molecule has 0 spiro atoms. The Morgan fingerprint density at radius 3 is 2.75 bits per heavy atom. The maximum absolute atomic E-state index is 13.2. The fraction of sp³-hybridized carbons (Fsp3) is 0.292. The zero-order valence-corrected chi connectivity index (χ0v) is 18.4. The molecule has 2 aromatic heterocycles. The number of carbonyl (C=O) groups is 1. The molecule has 1 aliphatic heterocycles. The zero-order chi connectivity index (χ0) is 22.8. The molecule has 1 fully saturated rings. The molecule has 3 heterocycles. The first kappa shape index (κ1) is 21.5. The van der Waals surface area contributed by atoms with E-state index in [-0.39, 0.29) is 23.8 Å². The lowest BCUT2D eigenvalue weighted by atomic mass is 10.1. The highest BCUT2D eigenvalue weighted by Crippen LogP contribution is 2.29. The van der Waals surface area contributed by atoms with E-state index < -0.39 is 5.82 Å². The van der Waals surface area contributed by atoms with E-state index in [9.17, 15) is 9.18 Å². The van der Waals surface area contributed by atoms with Gasteiger partial charge >= 0.3 is 0 Å². The van der Waals surface area contributed by atoms with Gasteiger partial charge in [-0.25, -0.2) is 9.37 Å². The number of hydrogen-bond donors (Lipinski definition) is 0. The van der Waals surface area contributed by atoms with Gasteiger partial charge in [0.2, 0.25) is 0 Å². The smallest absolute Gasteiger partial charge is 0.289 e. The molecule has 8 heteroatoms. The summed E-state index contributed by atoms with van der Waals surface area (Å²) >= 11 is 0. The SMILES string of the molecule is COc1cc(C=C2O[C@@H](C)CN([C@@H](C)c3ccc(F)cn3)C2=O)ccc1-n1cnc(C)c1. The Morgan fingerprint density at radius 2 is 2.09 bits per heavy atom. The third kappa shape index (κ3) is 4.34. The number of hydrogen-bond acceptors (Lipinski definition) is 5. The third-order valence-electron chi connectivity index (χ3n) is 5.39. The summed E-state index contributed by atoms with van der Waals surface area (Å²) in [6.45, 7) is 6.11. The largest absolute Gasteiger partial charge is 0.495 e. The van der Waals surface area contributed by atoms with Gasteiger partial charge in [0.25, 0.3) is 5.91 Å². The van der Waals surface area contributed by atoms with Crippen LogP contribution in [-0.2, 0) is 9.53 Å². The van der Waals surface area contributed by atoms with Gasteiger partial charge in [0.15, 0.2) is 5.76 Å². The molecule has 1 saturated heterocycles. The highest BCUT2D eigenvalue weighted by atomic mass is 19.1. The molecule has 0 saturated carbocycles. The molecular formula is C24H25FN4O3. The van der Waals surface area contributed by atoms with Gasteiger partial charge in [0.1, 0.15) is 17.7 Å². The van der Waals surface area contributed by atoms with Gasteiger partial charge in [-0.15, -0.1) is 0 Å². The first-order chi connectivity index (χ1) is 15.4. The van der Waals surface area contributed by atoms with Crippen molar-refractivity contribution in [3.05, 3.63) is 77.6 Å². The molecule has 0 bridgehead atoms. The van der Waals surface area contributed by atoms with Gasteiger partial charge in [0, 0.05) is 6.20 Å². The number of halogens is 1. The van der Waals surface area contributed by atoms with Crippen LogP contribution in [0.1, 0.15) is 36.8 Å². The molecule has 1 aromatic carbocycles. The van der Waals surface area contributed by atoms with Crippen LogP contribution in [0.2, 0.25) is 0 Å². The summed E-state index contributed by atoms with van der Waals surface area (Å²) in [7, 11) is 1.60. The van der Waals surface area contributed by atoms with E-state index in [0.29, 0.717) is 18.0 Å². The number of benzene rings is 1. The summed E-state index contributed by atoms with van der Waals surface area (Å²) in [5.41, 5.74) is 3.14. The first-order valence-corrected chi connectivity index (χ1v) is 10.4. The number of amides is 1. The van der Waals surface area contributed by atoms with Gasteiger partial charge in [0.05, 0.1) is 49.3 Å². The molecule has 166 valence electrons. The summed E-state index contributed by atoms with van der Waals surface area (Å²) < 4.78 is 26.6. The molecule has 0 radical (unpaired) electrons. The third-order valence-corrected chi connectivity index (χ3v) is 5.39. The van der Waals surface area contributed by atoms with Gasteiger partial charge in [-0.05, 0) is 56.7 Å². The Labute approximate surface area is 186 Å². The van der Waals surface area contributed by atoms with Crippen molar-refractivity contribution in [1.82, 2.24) is 19.4 Å². The molecule has 32 heavy (non-hydrogen) atoms. The van der Waals surface area contributed by atoms with E-state index in [2.05, 4.69) is 9.97 Å². The molecular weight excluding hydrogens is 411 g/mol. The van der Waals surface area contributed by atoms with Crippen LogP contribution in [0.5, 0.6) is 5.75 Å². The number of imidazole rings is 1. The lowest BCUT2D eigenvalue weighted by molar-refractivity contribution is -0.141. The minimum atomic E-state index is -0.411. The molecule has 3 aromatic rings.